The van der Waals surface area contributed by atoms with Crippen LogP contribution in [0.3, 0.4) is 0 Å². The van der Waals surface area contributed by atoms with Crippen molar-refractivity contribution >= 4 is 22.6 Å². The standard InChI is InChI=1S/C14H10F3I/c1-9-8-10(6-7-13(9)18)11-4-2-3-5-12(11)14(15,16)17/h2-8H,1H3. The van der Waals surface area contributed by atoms with Crippen LogP contribution in [0.4, 0.5) is 13.2 Å². The van der Waals surface area contributed by atoms with Gasteiger partial charge in [0.05, 0.1) is 5.56 Å². The number of aryl methyl sites for hydroxylation is 1. The predicted molar refractivity (Wildman–Crippen MR) is 74.3 cm³/mol. The molecule has 0 aromatic heterocycles. The molecule has 0 fully saturated rings. The molecule has 0 aliphatic rings. The van der Waals surface area contributed by atoms with Crippen LogP contribution in [0, 0.1) is 10.5 Å². The molecule has 0 saturated heterocycles. The smallest absolute Gasteiger partial charge is 0.166 e. The Morgan fingerprint density at radius 3 is 2.28 bits per heavy atom. The van der Waals surface area contributed by atoms with Crippen molar-refractivity contribution in [3.05, 3.63) is 57.2 Å². The van der Waals surface area contributed by atoms with Crippen molar-refractivity contribution < 1.29 is 13.2 Å². The van der Waals surface area contributed by atoms with E-state index in [9.17, 15) is 13.2 Å². The molecule has 0 bridgehead atoms. The van der Waals surface area contributed by atoms with E-state index >= 15 is 0 Å². The molecule has 0 aliphatic carbocycles. The van der Waals surface area contributed by atoms with Gasteiger partial charge in [0.15, 0.2) is 0 Å². The van der Waals surface area contributed by atoms with E-state index in [1.165, 1.54) is 12.1 Å². The zero-order valence-electron chi connectivity index (χ0n) is 9.55. The van der Waals surface area contributed by atoms with Gasteiger partial charge in [-0.1, -0.05) is 30.3 Å². The molecule has 2 aromatic carbocycles. The number of benzene rings is 2. The van der Waals surface area contributed by atoms with Crippen molar-refractivity contribution in [3.63, 3.8) is 0 Å². The van der Waals surface area contributed by atoms with Gasteiger partial charge in [0.25, 0.3) is 0 Å². The van der Waals surface area contributed by atoms with Gasteiger partial charge in [-0.2, -0.15) is 13.2 Å². The molecule has 0 unspecified atom stereocenters. The molecule has 0 atom stereocenters. The van der Waals surface area contributed by atoms with E-state index in [2.05, 4.69) is 22.6 Å². The van der Waals surface area contributed by atoms with Gasteiger partial charge in [0, 0.05) is 3.57 Å². The molecule has 0 spiro atoms. The summed E-state index contributed by atoms with van der Waals surface area (Å²) in [6.07, 6.45) is -4.33. The topological polar surface area (TPSA) is 0 Å². The van der Waals surface area contributed by atoms with Gasteiger partial charge in [-0.15, -0.1) is 0 Å². The Kier molecular flexibility index (Phi) is 3.66. The number of halogens is 4. The van der Waals surface area contributed by atoms with Gasteiger partial charge < -0.3 is 0 Å². The third-order valence-corrected chi connectivity index (χ3v) is 3.91. The highest BCUT2D eigenvalue weighted by Gasteiger charge is 2.33. The predicted octanol–water partition coefficient (Wildman–Crippen LogP) is 5.29. The quantitative estimate of drug-likeness (QED) is 0.605. The zero-order valence-corrected chi connectivity index (χ0v) is 11.7. The summed E-state index contributed by atoms with van der Waals surface area (Å²) >= 11 is 2.16. The minimum atomic E-state index is -4.33. The fourth-order valence-electron chi connectivity index (χ4n) is 1.79. The number of alkyl halides is 3. The van der Waals surface area contributed by atoms with E-state index < -0.39 is 11.7 Å². The summed E-state index contributed by atoms with van der Waals surface area (Å²) in [7, 11) is 0. The third-order valence-electron chi connectivity index (χ3n) is 2.70. The maximum Gasteiger partial charge on any atom is 0.417 e. The summed E-state index contributed by atoms with van der Waals surface area (Å²) in [5.74, 6) is 0. The van der Waals surface area contributed by atoms with E-state index in [1.54, 1.807) is 18.2 Å². The maximum atomic E-state index is 12.9. The van der Waals surface area contributed by atoms with Crippen molar-refractivity contribution in [2.75, 3.05) is 0 Å². The molecule has 0 aliphatic heterocycles. The second kappa shape index (κ2) is 4.91. The van der Waals surface area contributed by atoms with Crippen molar-refractivity contribution in [3.8, 4) is 11.1 Å². The number of hydrogen-bond acceptors (Lipinski definition) is 0. The largest absolute Gasteiger partial charge is 0.417 e. The van der Waals surface area contributed by atoms with Crippen LogP contribution in [0.5, 0.6) is 0 Å². The van der Waals surface area contributed by atoms with E-state index in [-0.39, 0.29) is 5.56 Å². The van der Waals surface area contributed by atoms with Crippen molar-refractivity contribution in [1.82, 2.24) is 0 Å². The molecule has 0 radical (unpaired) electrons. The summed E-state index contributed by atoms with van der Waals surface area (Å²) in [6, 6.07) is 11.0. The first-order valence-corrected chi connectivity index (χ1v) is 6.40. The first kappa shape index (κ1) is 13.4. The maximum absolute atomic E-state index is 12.9. The SMILES string of the molecule is Cc1cc(-c2ccccc2C(F)(F)F)ccc1I. The van der Waals surface area contributed by atoms with E-state index in [0.29, 0.717) is 5.56 Å². The van der Waals surface area contributed by atoms with Crippen LogP contribution in [0.1, 0.15) is 11.1 Å². The molecule has 94 valence electrons. The van der Waals surface area contributed by atoms with E-state index in [1.807, 2.05) is 13.0 Å². The Morgan fingerprint density at radius 2 is 1.67 bits per heavy atom. The Bertz CT molecular complexity index is 573. The lowest BCUT2D eigenvalue weighted by Gasteiger charge is -2.13. The Labute approximate surface area is 117 Å². The molecule has 4 heteroatoms. The summed E-state index contributed by atoms with van der Waals surface area (Å²) in [6.45, 7) is 1.89. The van der Waals surface area contributed by atoms with Gasteiger partial charge in [-0.25, -0.2) is 0 Å². The minimum Gasteiger partial charge on any atom is -0.166 e. The van der Waals surface area contributed by atoms with E-state index in [4.69, 9.17) is 0 Å². The molecule has 2 aromatic rings. The molecular weight excluding hydrogens is 352 g/mol. The van der Waals surface area contributed by atoms with Crippen LogP contribution in [0.25, 0.3) is 11.1 Å². The van der Waals surface area contributed by atoms with Gasteiger partial charge in [-0.3, -0.25) is 0 Å². The van der Waals surface area contributed by atoms with Crippen LogP contribution in [0.15, 0.2) is 42.5 Å². The molecule has 0 amide bonds. The van der Waals surface area contributed by atoms with Crippen LogP contribution < -0.4 is 0 Å². The van der Waals surface area contributed by atoms with Crippen LogP contribution in [-0.2, 0) is 6.18 Å². The third kappa shape index (κ3) is 2.68. The average molecular weight is 362 g/mol. The number of hydrogen-bond donors (Lipinski definition) is 0. The van der Waals surface area contributed by atoms with Crippen LogP contribution in [-0.4, -0.2) is 0 Å². The average Bonchev–Trinajstić information content (AvgIpc) is 2.32. The molecular formula is C14H10F3I. The molecule has 18 heavy (non-hydrogen) atoms. The zero-order chi connectivity index (χ0) is 13.3. The normalized spacial score (nSPS) is 11.6. The van der Waals surface area contributed by atoms with Crippen LogP contribution >= 0.6 is 22.6 Å². The monoisotopic (exact) mass is 362 g/mol. The van der Waals surface area contributed by atoms with Crippen molar-refractivity contribution in [1.29, 1.82) is 0 Å². The van der Waals surface area contributed by atoms with Crippen LogP contribution in [0.2, 0.25) is 0 Å². The lowest BCUT2D eigenvalue weighted by atomic mass is 9.98. The summed E-state index contributed by atoms with van der Waals surface area (Å²) in [5, 5.41) is 0. The molecule has 2 rings (SSSR count). The van der Waals surface area contributed by atoms with E-state index in [0.717, 1.165) is 15.2 Å². The first-order chi connectivity index (χ1) is 8.39. The molecule has 0 N–H and O–H groups in total. The second-order valence-electron chi connectivity index (χ2n) is 4.01. The van der Waals surface area contributed by atoms with Gasteiger partial charge in [-0.05, 0) is 58.3 Å². The summed E-state index contributed by atoms with van der Waals surface area (Å²) in [4.78, 5) is 0. The fourth-order valence-corrected chi connectivity index (χ4v) is 2.13. The lowest BCUT2D eigenvalue weighted by Crippen LogP contribution is -2.06. The summed E-state index contributed by atoms with van der Waals surface area (Å²) < 4.78 is 39.8. The molecule has 0 heterocycles. The second-order valence-corrected chi connectivity index (χ2v) is 5.17. The lowest BCUT2D eigenvalue weighted by molar-refractivity contribution is -0.137. The first-order valence-electron chi connectivity index (χ1n) is 5.32. The van der Waals surface area contributed by atoms with Gasteiger partial charge in [0.2, 0.25) is 0 Å². The van der Waals surface area contributed by atoms with Crippen molar-refractivity contribution in [2.45, 2.75) is 13.1 Å². The van der Waals surface area contributed by atoms with Gasteiger partial charge >= 0.3 is 6.18 Å². The Hall–Kier alpha value is -1.04. The Morgan fingerprint density at radius 1 is 1.00 bits per heavy atom. The highest BCUT2D eigenvalue weighted by Crippen LogP contribution is 2.37. The Balaban J connectivity index is 2.61. The molecule has 0 saturated carbocycles. The fraction of sp³-hybridized carbons (Fsp3) is 0.143. The summed E-state index contributed by atoms with van der Waals surface area (Å²) in [5.41, 5.74) is 1.21. The highest BCUT2D eigenvalue weighted by atomic mass is 127. The highest BCUT2D eigenvalue weighted by molar-refractivity contribution is 14.1. The minimum absolute atomic E-state index is 0.226. The molecule has 0 nitrogen and oxygen atoms in total. The number of rotatable bonds is 1. The van der Waals surface area contributed by atoms with Crippen molar-refractivity contribution in [2.24, 2.45) is 0 Å². The van der Waals surface area contributed by atoms with Gasteiger partial charge in [0.1, 0.15) is 0 Å².